The fraction of sp³-hybridized carbons (Fsp3) is 0. The number of carbonyl (C=O) groups is 1. The number of nitrogens with zero attached hydrogens (tertiary/aromatic N) is 2. The summed E-state index contributed by atoms with van der Waals surface area (Å²) in [5, 5.41) is 13.2. The lowest BCUT2D eigenvalue weighted by molar-refractivity contribution is 0.0696. The van der Waals surface area contributed by atoms with Gasteiger partial charge in [0.15, 0.2) is 5.15 Å². The van der Waals surface area contributed by atoms with Crippen LogP contribution in [0.1, 0.15) is 10.4 Å². The second kappa shape index (κ2) is 3.74. The zero-order valence-electron chi connectivity index (χ0n) is 7.59. The number of hydrogen-bond donors (Lipinski definition) is 1. The van der Waals surface area contributed by atoms with Crippen molar-refractivity contribution >= 4 is 17.6 Å². The summed E-state index contributed by atoms with van der Waals surface area (Å²) in [6.45, 7) is 0. The molecule has 0 atom stereocenters. The van der Waals surface area contributed by atoms with Crippen molar-refractivity contribution in [1.82, 2.24) is 9.78 Å². The van der Waals surface area contributed by atoms with Gasteiger partial charge in [0, 0.05) is 6.20 Å². The summed E-state index contributed by atoms with van der Waals surface area (Å²) in [6.07, 6.45) is 1.62. The highest BCUT2D eigenvalue weighted by molar-refractivity contribution is 6.29. The predicted molar refractivity (Wildman–Crippen MR) is 55.5 cm³/mol. The molecule has 5 heteroatoms. The standard InChI is InChI=1S/C10H7ClN2O2/c11-9-5-6-13(12-9)8-4-2-1-3-7(8)10(14)15/h1-6H,(H,14,15). The fourth-order valence-electron chi connectivity index (χ4n) is 1.29. The van der Waals surface area contributed by atoms with Crippen LogP contribution in [0.15, 0.2) is 36.5 Å². The van der Waals surface area contributed by atoms with E-state index in [1.54, 1.807) is 30.5 Å². The molecular formula is C10H7ClN2O2. The third-order valence-corrected chi connectivity index (χ3v) is 2.14. The number of aromatic carboxylic acids is 1. The third-order valence-electron chi connectivity index (χ3n) is 1.94. The second-order valence-electron chi connectivity index (χ2n) is 2.91. The lowest BCUT2D eigenvalue weighted by Crippen LogP contribution is -2.05. The molecule has 76 valence electrons. The van der Waals surface area contributed by atoms with Crippen LogP contribution in [0.25, 0.3) is 5.69 Å². The number of hydrogen-bond acceptors (Lipinski definition) is 2. The molecular weight excluding hydrogens is 216 g/mol. The second-order valence-corrected chi connectivity index (χ2v) is 3.29. The van der Waals surface area contributed by atoms with Gasteiger partial charge in [-0.05, 0) is 18.2 Å². The monoisotopic (exact) mass is 222 g/mol. The Hall–Kier alpha value is -1.81. The van der Waals surface area contributed by atoms with E-state index in [1.165, 1.54) is 10.7 Å². The van der Waals surface area contributed by atoms with Gasteiger partial charge in [0.1, 0.15) is 0 Å². The van der Waals surface area contributed by atoms with Gasteiger partial charge in [-0.3, -0.25) is 0 Å². The van der Waals surface area contributed by atoms with E-state index in [4.69, 9.17) is 16.7 Å². The molecule has 0 radical (unpaired) electrons. The van der Waals surface area contributed by atoms with Crippen LogP contribution in [-0.4, -0.2) is 20.9 Å². The summed E-state index contributed by atoms with van der Waals surface area (Å²) in [5.41, 5.74) is 0.689. The van der Waals surface area contributed by atoms with Gasteiger partial charge in [-0.25, -0.2) is 9.48 Å². The smallest absolute Gasteiger partial charge is 0.337 e. The molecule has 4 nitrogen and oxygen atoms in total. The first-order valence-corrected chi connectivity index (χ1v) is 4.60. The van der Waals surface area contributed by atoms with Crippen molar-refractivity contribution in [3.05, 3.63) is 47.2 Å². The maximum Gasteiger partial charge on any atom is 0.337 e. The van der Waals surface area contributed by atoms with Crippen molar-refractivity contribution in [1.29, 1.82) is 0 Å². The highest BCUT2D eigenvalue weighted by Crippen LogP contribution is 2.15. The van der Waals surface area contributed by atoms with Crippen LogP contribution in [0.5, 0.6) is 0 Å². The zero-order valence-corrected chi connectivity index (χ0v) is 8.35. The number of rotatable bonds is 2. The highest BCUT2D eigenvalue weighted by atomic mass is 35.5. The van der Waals surface area contributed by atoms with E-state index in [2.05, 4.69) is 5.10 Å². The van der Waals surface area contributed by atoms with Gasteiger partial charge in [-0.1, -0.05) is 23.7 Å². The van der Waals surface area contributed by atoms with Crippen LogP contribution in [0.3, 0.4) is 0 Å². The summed E-state index contributed by atoms with van der Waals surface area (Å²) >= 11 is 5.66. The van der Waals surface area contributed by atoms with Crippen LogP contribution in [0.4, 0.5) is 0 Å². The summed E-state index contributed by atoms with van der Waals surface area (Å²) in [6, 6.07) is 8.20. The topological polar surface area (TPSA) is 55.1 Å². The van der Waals surface area contributed by atoms with Crippen LogP contribution < -0.4 is 0 Å². The number of halogens is 1. The van der Waals surface area contributed by atoms with Crippen molar-refractivity contribution in [2.75, 3.05) is 0 Å². The van der Waals surface area contributed by atoms with Gasteiger partial charge >= 0.3 is 5.97 Å². The number of aromatic nitrogens is 2. The van der Waals surface area contributed by atoms with Crippen LogP contribution >= 0.6 is 11.6 Å². The number of carboxylic acid groups (broad SMARTS) is 1. The molecule has 2 rings (SSSR count). The van der Waals surface area contributed by atoms with E-state index in [1.807, 2.05) is 0 Å². The lowest BCUT2D eigenvalue weighted by Gasteiger charge is -2.04. The molecule has 1 aromatic heterocycles. The van der Waals surface area contributed by atoms with E-state index in [0.717, 1.165) is 0 Å². The highest BCUT2D eigenvalue weighted by Gasteiger charge is 2.10. The molecule has 0 unspecified atom stereocenters. The van der Waals surface area contributed by atoms with Crippen LogP contribution in [0, 0.1) is 0 Å². The van der Waals surface area contributed by atoms with Crippen LogP contribution in [-0.2, 0) is 0 Å². The molecule has 0 amide bonds. The van der Waals surface area contributed by atoms with Crippen molar-refractivity contribution in [3.8, 4) is 5.69 Å². The molecule has 0 aliphatic carbocycles. The molecule has 0 saturated heterocycles. The van der Waals surface area contributed by atoms with Gasteiger partial charge in [0.25, 0.3) is 0 Å². The first kappa shape index (κ1) is 9.73. The predicted octanol–water partition coefficient (Wildman–Crippen LogP) is 2.22. The Kier molecular flexibility index (Phi) is 2.43. The largest absolute Gasteiger partial charge is 0.478 e. The van der Waals surface area contributed by atoms with Crippen molar-refractivity contribution < 1.29 is 9.90 Å². The molecule has 15 heavy (non-hydrogen) atoms. The molecule has 0 saturated carbocycles. The molecule has 0 fully saturated rings. The molecule has 2 aromatic rings. The van der Waals surface area contributed by atoms with Gasteiger partial charge in [-0.2, -0.15) is 5.10 Å². The number of para-hydroxylation sites is 1. The van der Waals surface area contributed by atoms with E-state index in [0.29, 0.717) is 10.8 Å². The Labute approximate surface area is 90.7 Å². The molecule has 1 heterocycles. The molecule has 0 aliphatic rings. The minimum Gasteiger partial charge on any atom is -0.478 e. The minimum atomic E-state index is -0.989. The van der Waals surface area contributed by atoms with E-state index >= 15 is 0 Å². The Morgan fingerprint density at radius 3 is 2.67 bits per heavy atom. The Morgan fingerprint density at radius 1 is 1.33 bits per heavy atom. The first-order chi connectivity index (χ1) is 7.18. The molecule has 0 spiro atoms. The molecule has 1 N–H and O–H groups in total. The van der Waals surface area contributed by atoms with Crippen LogP contribution in [0.2, 0.25) is 5.15 Å². The van der Waals surface area contributed by atoms with Crippen molar-refractivity contribution in [2.24, 2.45) is 0 Å². The summed E-state index contributed by atoms with van der Waals surface area (Å²) in [5.74, 6) is -0.989. The normalized spacial score (nSPS) is 10.2. The van der Waals surface area contributed by atoms with Gasteiger partial charge in [-0.15, -0.1) is 0 Å². The molecule has 0 bridgehead atoms. The van der Waals surface area contributed by atoms with Gasteiger partial charge in [0.2, 0.25) is 0 Å². The third kappa shape index (κ3) is 1.85. The van der Waals surface area contributed by atoms with Gasteiger partial charge < -0.3 is 5.11 Å². The lowest BCUT2D eigenvalue weighted by atomic mass is 10.2. The number of benzene rings is 1. The van der Waals surface area contributed by atoms with E-state index < -0.39 is 5.97 Å². The molecule has 0 aliphatic heterocycles. The Bertz CT molecular complexity index is 508. The quantitative estimate of drug-likeness (QED) is 0.848. The SMILES string of the molecule is O=C(O)c1ccccc1-n1ccc(Cl)n1. The average Bonchev–Trinajstić information content (AvgIpc) is 2.65. The van der Waals surface area contributed by atoms with Crippen molar-refractivity contribution in [2.45, 2.75) is 0 Å². The van der Waals surface area contributed by atoms with Gasteiger partial charge in [0.05, 0.1) is 11.3 Å². The zero-order chi connectivity index (χ0) is 10.8. The Balaban J connectivity index is 2.57. The summed E-state index contributed by atoms with van der Waals surface area (Å²) < 4.78 is 1.44. The minimum absolute atomic E-state index is 0.192. The van der Waals surface area contributed by atoms with E-state index in [9.17, 15) is 4.79 Å². The summed E-state index contributed by atoms with van der Waals surface area (Å²) in [4.78, 5) is 10.9. The maximum atomic E-state index is 10.9. The average molecular weight is 223 g/mol. The first-order valence-electron chi connectivity index (χ1n) is 4.22. The summed E-state index contributed by atoms with van der Waals surface area (Å²) in [7, 11) is 0. The Morgan fingerprint density at radius 2 is 2.07 bits per heavy atom. The number of carboxylic acids is 1. The fourth-order valence-corrected chi connectivity index (χ4v) is 1.43. The van der Waals surface area contributed by atoms with Crippen molar-refractivity contribution in [3.63, 3.8) is 0 Å². The van der Waals surface area contributed by atoms with E-state index in [-0.39, 0.29) is 5.56 Å². The molecule has 1 aromatic carbocycles. The maximum absolute atomic E-state index is 10.9.